The maximum absolute atomic E-state index is 13.7. The molecule has 1 fully saturated rings. The van der Waals surface area contributed by atoms with Gasteiger partial charge in [-0.1, -0.05) is 30.3 Å². The summed E-state index contributed by atoms with van der Waals surface area (Å²) in [6.07, 6.45) is 2.60. The highest BCUT2D eigenvalue weighted by atomic mass is 16.6. The van der Waals surface area contributed by atoms with Gasteiger partial charge >= 0.3 is 12.1 Å². The van der Waals surface area contributed by atoms with Crippen LogP contribution in [0.25, 0.3) is 22.5 Å². The van der Waals surface area contributed by atoms with Gasteiger partial charge in [-0.3, -0.25) is 9.59 Å². The Kier molecular flexibility index (Phi) is 11.2. The minimum absolute atomic E-state index is 0.186. The minimum atomic E-state index is -0.994. The number of nitrogens with zero attached hydrogens (tertiary/aromatic N) is 3. The van der Waals surface area contributed by atoms with E-state index < -0.39 is 23.7 Å². The van der Waals surface area contributed by atoms with Crippen LogP contribution in [0.1, 0.15) is 67.9 Å². The number of aromatic amines is 1. The first-order valence-corrected chi connectivity index (χ1v) is 16.7. The molecule has 3 amide bonds. The fraction of sp³-hybridized carbons (Fsp3) is 0.378. The minimum Gasteiger partial charge on any atom is -0.478 e. The van der Waals surface area contributed by atoms with Crippen LogP contribution in [-0.4, -0.2) is 67.8 Å². The molecule has 0 aliphatic heterocycles. The molecule has 0 unspecified atom stereocenters. The van der Waals surface area contributed by atoms with E-state index in [-0.39, 0.29) is 35.6 Å². The average Bonchev–Trinajstić information content (AvgIpc) is 3.62. The summed E-state index contributed by atoms with van der Waals surface area (Å²) in [5, 5.41) is 32.2. The number of aromatic nitrogens is 4. The SMILES string of the molecule is Cc1cc(C(=O)O)cc(-c2ccc(C[C@H](NC(=O)[C@H]3CC[C@H](CNC(=O)OC(C)(C)C)CC3)C(=O)Nc3ccc(-c4nn[nH]n4)cc3)cc2)c1. The second-order valence-corrected chi connectivity index (χ2v) is 13.8. The number of aromatic carboxylic acids is 1. The summed E-state index contributed by atoms with van der Waals surface area (Å²) in [7, 11) is 0. The van der Waals surface area contributed by atoms with Crippen molar-refractivity contribution in [2.24, 2.45) is 11.8 Å². The van der Waals surface area contributed by atoms with Crippen LogP contribution in [0.5, 0.6) is 0 Å². The number of H-pyrrole nitrogens is 1. The van der Waals surface area contributed by atoms with Gasteiger partial charge < -0.3 is 25.8 Å². The van der Waals surface area contributed by atoms with Crippen LogP contribution in [0.15, 0.2) is 66.7 Å². The molecule has 1 aliphatic carbocycles. The first-order chi connectivity index (χ1) is 23.8. The number of ether oxygens (including phenoxy) is 1. The van der Waals surface area contributed by atoms with E-state index in [4.69, 9.17) is 4.74 Å². The Morgan fingerprint density at radius 1 is 0.920 bits per heavy atom. The van der Waals surface area contributed by atoms with Gasteiger partial charge in [-0.25, -0.2) is 9.59 Å². The van der Waals surface area contributed by atoms with E-state index >= 15 is 0 Å². The molecule has 5 N–H and O–H groups in total. The maximum atomic E-state index is 13.7. The highest BCUT2D eigenvalue weighted by Gasteiger charge is 2.30. The Hall–Kier alpha value is -5.59. The number of amides is 3. The van der Waals surface area contributed by atoms with Gasteiger partial charge in [-0.2, -0.15) is 5.21 Å². The molecule has 0 bridgehead atoms. The van der Waals surface area contributed by atoms with Gasteiger partial charge in [0.2, 0.25) is 17.6 Å². The number of rotatable bonds is 11. The predicted octanol–water partition coefficient (Wildman–Crippen LogP) is 5.54. The molecule has 1 aliphatic rings. The molecule has 1 saturated carbocycles. The van der Waals surface area contributed by atoms with Gasteiger partial charge in [0.1, 0.15) is 11.6 Å². The quantitative estimate of drug-likeness (QED) is 0.135. The first kappa shape index (κ1) is 35.7. The van der Waals surface area contributed by atoms with Crippen molar-refractivity contribution in [2.45, 2.75) is 71.4 Å². The smallest absolute Gasteiger partial charge is 0.407 e. The fourth-order valence-corrected chi connectivity index (χ4v) is 6.03. The fourth-order valence-electron chi connectivity index (χ4n) is 6.03. The number of benzene rings is 3. The number of carbonyl (C=O) groups is 4. The summed E-state index contributed by atoms with van der Waals surface area (Å²) in [6.45, 7) is 7.78. The number of carboxylic acids is 1. The van der Waals surface area contributed by atoms with Gasteiger partial charge in [0.15, 0.2) is 0 Å². The number of carboxylic acid groups (broad SMARTS) is 1. The van der Waals surface area contributed by atoms with E-state index in [1.54, 1.807) is 36.4 Å². The van der Waals surface area contributed by atoms with Gasteiger partial charge in [0, 0.05) is 30.1 Å². The second kappa shape index (κ2) is 15.7. The van der Waals surface area contributed by atoms with Gasteiger partial charge in [-0.15, -0.1) is 10.2 Å². The number of hydrogen-bond donors (Lipinski definition) is 5. The summed E-state index contributed by atoms with van der Waals surface area (Å²) in [4.78, 5) is 50.9. The Morgan fingerprint density at radius 3 is 2.22 bits per heavy atom. The van der Waals surface area contributed by atoms with Crippen molar-refractivity contribution in [2.75, 3.05) is 11.9 Å². The van der Waals surface area contributed by atoms with E-state index in [1.807, 2.05) is 58.0 Å². The van der Waals surface area contributed by atoms with E-state index in [0.717, 1.165) is 40.7 Å². The maximum Gasteiger partial charge on any atom is 0.407 e. The highest BCUT2D eigenvalue weighted by Crippen LogP contribution is 2.29. The van der Waals surface area contributed by atoms with E-state index in [1.165, 1.54) is 0 Å². The lowest BCUT2D eigenvalue weighted by Crippen LogP contribution is -2.48. The Bertz CT molecular complexity index is 1790. The molecular formula is C37H43N7O6. The third-order valence-electron chi connectivity index (χ3n) is 8.59. The zero-order valence-electron chi connectivity index (χ0n) is 28.7. The zero-order chi connectivity index (χ0) is 35.8. The molecule has 13 heteroatoms. The molecule has 4 aromatic rings. The summed E-state index contributed by atoms with van der Waals surface area (Å²) >= 11 is 0. The first-order valence-electron chi connectivity index (χ1n) is 16.7. The highest BCUT2D eigenvalue weighted by molar-refractivity contribution is 5.98. The standard InChI is InChI=1S/C37H43N7O6/c1-22-17-28(20-29(18-22)35(47)48)25-9-5-23(6-10-25)19-31(34(46)39-30-15-13-26(14-16-30)32-41-43-44-42-32)40-33(45)27-11-7-24(8-12-27)21-38-36(49)50-37(2,3)4/h5-6,9-10,13-18,20,24,27,31H,7-8,11-12,19,21H2,1-4H3,(H,38,49)(H,39,46)(H,40,45)(H,47,48)(H,41,42,43,44)/t24-,27-,31-/m0/s1. The number of aryl methyl sites for hydroxylation is 1. The molecule has 0 saturated heterocycles. The Labute approximate surface area is 290 Å². The van der Waals surface area contributed by atoms with Gasteiger partial charge in [0.25, 0.3) is 0 Å². The second-order valence-electron chi connectivity index (χ2n) is 13.8. The molecule has 262 valence electrons. The van der Waals surface area contributed by atoms with Crippen LogP contribution < -0.4 is 16.0 Å². The zero-order valence-corrected chi connectivity index (χ0v) is 28.7. The Balaban J connectivity index is 1.25. The molecule has 1 heterocycles. The van der Waals surface area contributed by atoms with Crippen LogP contribution in [0.2, 0.25) is 0 Å². The van der Waals surface area contributed by atoms with Gasteiger partial charge in [0.05, 0.1) is 5.56 Å². The number of tetrazole rings is 1. The average molecular weight is 682 g/mol. The number of hydrogen-bond acceptors (Lipinski definition) is 8. The molecule has 0 radical (unpaired) electrons. The summed E-state index contributed by atoms with van der Waals surface area (Å²) in [5.74, 6) is -1.14. The topological polar surface area (TPSA) is 188 Å². The Morgan fingerprint density at radius 2 is 1.60 bits per heavy atom. The van der Waals surface area contributed by atoms with Crippen molar-refractivity contribution < 1.29 is 29.0 Å². The molecular weight excluding hydrogens is 638 g/mol. The lowest BCUT2D eigenvalue weighted by Gasteiger charge is -2.29. The third-order valence-corrected chi connectivity index (χ3v) is 8.59. The predicted molar refractivity (Wildman–Crippen MR) is 187 cm³/mol. The lowest BCUT2D eigenvalue weighted by atomic mass is 9.81. The normalized spacial score (nSPS) is 16.6. The van der Waals surface area contributed by atoms with Crippen LogP contribution in [0, 0.1) is 18.8 Å². The molecule has 50 heavy (non-hydrogen) atoms. The van der Waals surface area contributed by atoms with Crippen molar-refractivity contribution >= 4 is 29.6 Å². The summed E-state index contributed by atoms with van der Waals surface area (Å²) < 4.78 is 5.33. The summed E-state index contributed by atoms with van der Waals surface area (Å²) in [5.41, 5.74) is 4.18. The number of alkyl carbamates (subject to hydrolysis) is 1. The van der Waals surface area contributed by atoms with Crippen LogP contribution in [0.4, 0.5) is 10.5 Å². The molecule has 1 atom stereocenters. The summed E-state index contributed by atoms with van der Waals surface area (Å²) in [6, 6.07) is 18.8. The molecule has 13 nitrogen and oxygen atoms in total. The number of nitrogens with one attached hydrogen (secondary N) is 4. The van der Waals surface area contributed by atoms with Crippen molar-refractivity contribution in [3.63, 3.8) is 0 Å². The van der Waals surface area contributed by atoms with Crippen molar-refractivity contribution in [1.29, 1.82) is 0 Å². The van der Waals surface area contributed by atoms with E-state index in [9.17, 15) is 24.3 Å². The van der Waals surface area contributed by atoms with Crippen molar-refractivity contribution in [3.05, 3.63) is 83.4 Å². The number of carbonyl (C=O) groups excluding carboxylic acids is 3. The molecule has 3 aromatic carbocycles. The monoisotopic (exact) mass is 681 g/mol. The molecule has 5 rings (SSSR count). The van der Waals surface area contributed by atoms with Crippen LogP contribution in [0.3, 0.4) is 0 Å². The molecule has 1 aromatic heterocycles. The van der Waals surface area contributed by atoms with Crippen LogP contribution >= 0.6 is 0 Å². The van der Waals surface area contributed by atoms with Crippen molar-refractivity contribution in [1.82, 2.24) is 31.3 Å². The van der Waals surface area contributed by atoms with E-state index in [2.05, 4.69) is 36.6 Å². The lowest BCUT2D eigenvalue weighted by molar-refractivity contribution is -0.130. The largest absolute Gasteiger partial charge is 0.478 e. The molecule has 0 spiro atoms. The van der Waals surface area contributed by atoms with Gasteiger partial charge in [-0.05, 0) is 123 Å². The number of anilines is 1. The van der Waals surface area contributed by atoms with Crippen LogP contribution in [-0.2, 0) is 20.7 Å². The third kappa shape index (κ3) is 9.97. The van der Waals surface area contributed by atoms with Crippen molar-refractivity contribution in [3.8, 4) is 22.5 Å². The van der Waals surface area contributed by atoms with E-state index in [0.29, 0.717) is 30.9 Å².